The molecule has 1 aliphatic rings. The van der Waals surface area contributed by atoms with Crippen LogP contribution in [0.15, 0.2) is 64.5 Å². The number of rotatable bonds is 3. The molecule has 24 heavy (non-hydrogen) atoms. The number of hydrogen-bond acceptors (Lipinski definition) is 4. The molecular formula is C19H13ClN2OS. The Morgan fingerprint density at radius 1 is 1.21 bits per heavy atom. The highest BCUT2D eigenvalue weighted by molar-refractivity contribution is 8.06. The van der Waals surface area contributed by atoms with Crippen molar-refractivity contribution in [2.75, 3.05) is 0 Å². The van der Waals surface area contributed by atoms with E-state index in [1.165, 1.54) is 11.8 Å². The van der Waals surface area contributed by atoms with Crippen molar-refractivity contribution in [3.63, 3.8) is 0 Å². The summed E-state index contributed by atoms with van der Waals surface area (Å²) in [6.45, 7) is 2.02. The van der Waals surface area contributed by atoms with Gasteiger partial charge in [-0.05, 0) is 30.7 Å². The molecule has 0 aliphatic carbocycles. The van der Waals surface area contributed by atoms with E-state index in [0.717, 1.165) is 16.8 Å². The number of halogens is 1. The number of nitrogens with zero attached hydrogens (tertiary/aromatic N) is 1. The second-order valence-corrected chi connectivity index (χ2v) is 6.56. The van der Waals surface area contributed by atoms with Crippen molar-refractivity contribution in [3.05, 3.63) is 86.3 Å². The molecule has 1 N–H and O–H groups in total. The molecule has 0 radical (unpaired) electrons. The van der Waals surface area contributed by atoms with Crippen molar-refractivity contribution < 1.29 is 4.79 Å². The van der Waals surface area contributed by atoms with Crippen LogP contribution in [0.2, 0.25) is 5.02 Å². The van der Waals surface area contributed by atoms with Gasteiger partial charge in [-0.1, -0.05) is 59.3 Å². The molecule has 2 aromatic rings. The Balaban J connectivity index is 1.91. The molecule has 1 aliphatic heterocycles. The lowest BCUT2D eigenvalue weighted by Crippen LogP contribution is -2.12. The molecule has 118 valence electrons. The van der Waals surface area contributed by atoms with E-state index in [9.17, 15) is 10.1 Å². The van der Waals surface area contributed by atoms with Gasteiger partial charge >= 0.3 is 0 Å². The van der Waals surface area contributed by atoms with Gasteiger partial charge in [0.25, 0.3) is 0 Å². The van der Waals surface area contributed by atoms with Crippen molar-refractivity contribution in [2.24, 2.45) is 0 Å². The SMILES string of the molecule is Cc1cccc(C2=CSC(=C(C#N)C(=O)c3ccccc3Cl)N2)c1. The van der Waals surface area contributed by atoms with Crippen molar-refractivity contribution in [2.45, 2.75) is 6.92 Å². The average molecular weight is 353 g/mol. The molecule has 0 aromatic heterocycles. The molecule has 3 nitrogen and oxygen atoms in total. The Labute approximate surface area is 149 Å². The molecule has 0 spiro atoms. The van der Waals surface area contributed by atoms with Crippen LogP contribution in [-0.2, 0) is 0 Å². The molecule has 0 unspecified atom stereocenters. The Morgan fingerprint density at radius 2 is 2.00 bits per heavy atom. The Hall–Kier alpha value is -2.48. The third kappa shape index (κ3) is 3.23. The number of aryl methyl sites for hydroxylation is 1. The number of benzene rings is 2. The van der Waals surface area contributed by atoms with E-state index < -0.39 is 0 Å². The van der Waals surface area contributed by atoms with Gasteiger partial charge in [0.1, 0.15) is 11.6 Å². The van der Waals surface area contributed by atoms with Gasteiger partial charge in [-0.2, -0.15) is 5.26 Å². The zero-order valence-corrected chi connectivity index (χ0v) is 14.4. The first-order valence-corrected chi connectivity index (χ1v) is 8.50. The number of Topliss-reactive ketones (excluding diaryl/α,β-unsaturated/α-hetero) is 1. The van der Waals surface area contributed by atoms with Crippen LogP contribution >= 0.6 is 23.4 Å². The van der Waals surface area contributed by atoms with E-state index in [-0.39, 0.29) is 11.4 Å². The van der Waals surface area contributed by atoms with Gasteiger partial charge in [0, 0.05) is 11.0 Å². The van der Waals surface area contributed by atoms with E-state index in [4.69, 9.17) is 11.6 Å². The lowest BCUT2D eigenvalue weighted by molar-refractivity contribution is 0.103. The molecule has 3 rings (SSSR count). The fourth-order valence-electron chi connectivity index (χ4n) is 2.36. The second-order valence-electron chi connectivity index (χ2n) is 5.27. The Bertz CT molecular complexity index is 925. The minimum atomic E-state index is -0.378. The van der Waals surface area contributed by atoms with Crippen LogP contribution in [0.25, 0.3) is 5.70 Å². The van der Waals surface area contributed by atoms with Crippen LogP contribution in [-0.4, -0.2) is 5.78 Å². The highest BCUT2D eigenvalue weighted by atomic mass is 35.5. The van der Waals surface area contributed by atoms with Gasteiger partial charge < -0.3 is 5.32 Å². The zero-order valence-electron chi connectivity index (χ0n) is 12.8. The highest BCUT2D eigenvalue weighted by Crippen LogP contribution is 2.33. The smallest absolute Gasteiger partial charge is 0.207 e. The molecule has 0 bridgehead atoms. The van der Waals surface area contributed by atoms with E-state index >= 15 is 0 Å². The molecule has 0 amide bonds. The Morgan fingerprint density at radius 3 is 2.71 bits per heavy atom. The summed E-state index contributed by atoms with van der Waals surface area (Å²) in [7, 11) is 0. The number of carbonyl (C=O) groups excluding carboxylic acids is 1. The van der Waals surface area contributed by atoms with Gasteiger partial charge in [-0.25, -0.2) is 0 Å². The summed E-state index contributed by atoms with van der Waals surface area (Å²) < 4.78 is 0. The van der Waals surface area contributed by atoms with E-state index in [2.05, 4.69) is 5.32 Å². The van der Waals surface area contributed by atoms with E-state index in [1.54, 1.807) is 24.3 Å². The summed E-state index contributed by atoms with van der Waals surface area (Å²) >= 11 is 7.41. The Kier molecular flexibility index (Phi) is 4.75. The number of hydrogen-bond donors (Lipinski definition) is 1. The maximum atomic E-state index is 12.6. The van der Waals surface area contributed by atoms with Crippen LogP contribution in [0, 0.1) is 18.3 Å². The largest absolute Gasteiger partial charge is 0.348 e. The summed E-state index contributed by atoms with van der Waals surface area (Å²) in [5.41, 5.74) is 3.42. The van der Waals surface area contributed by atoms with Crippen LogP contribution in [0.3, 0.4) is 0 Å². The van der Waals surface area contributed by atoms with Gasteiger partial charge in [0.05, 0.1) is 15.7 Å². The number of thioether (sulfide) groups is 1. The minimum Gasteiger partial charge on any atom is -0.348 e. The number of carbonyl (C=O) groups is 1. The first kappa shape index (κ1) is 16.4. The number of ketones is 1. The van der Waals surface area contributed by atoms with E-state index in [1.807, 2.05) is 42.7 Å². The van der Waals surface area contributed by atoms with Crippen molar-refractivity contribution in [1.29, 1.82) is 5.26 Å². The predicted octanol–water partition coefficient (Wildman–Crippen LogP) is 4.90. The average Bonchev–Trinajstić information content (AvgIpc) is 3.05. The maximum Gasteiger partial charge on any atom is 0.207 e. The van der Waals surface area contributed by atoms with Gasteiger partial charge in [0.2, 0.25) is 5.78 Å². The summed E-state index contributed by atoms with van der Waals surface area (Å²) in [6.07, 6.45) is 0. The monoisotopic (exact) mass is 352 g/mol. The molecule has 0 fully saturated rings. The molecule has 5 heteroatoms. The van der Waals surface area contributed by atoms with E-state index in [0.29, 0.717) is 15.6 Å². The van der Waals surface area contributed by atoms with Crippen LogP contribution in [0.1, 0.15) is 21.5 Å². The first-order valence-electron chi connectivity index (χ1n) is 7.24. The molecule has 0 atom stereocenters. The second kappa shape index (κ2) is 6.96. The van der Waals surface area contributed by atoms with Gasteiger partial charge in [0.15, 0.2) is 0 Å². The zero-order chi connectivity index (χ0) is 17.1. The molecular weight excluding hydrogens is 340 g/mol. The topological polar surface area (TPSA) is 52.9 Å². The third-order valence-electron chi connectivity index (χ3n) is 3.56. The molecule has 2 aromatic carbocycles. The van der Waals surface area contributed by atoms with Crippen LogP contribution < -0.4 is 5.32 Å². The molecule has 0 saturated heterocycles. The fraction of sp³-hybridized carbons (Fsp3) is 0.0526. The first-order chi connectivity index (χ1) is 11.6. The highest BCUT2D eigenvalue weighted by Gasteiger charge is 2.23. The number of allylic oxidation sites excluding steroid dienone is 1. The standard InChI is InChI=1S/C19H13ClN2OS/c1-12-5-4-6-13(9-12)17-11-24-19(22-17)15(10-21)18(23)14-7-2-3-8-16(14)20/h2-9,11,22H,1H3. The summed E-state index contributed by atoms with van der Waals surface area (Å²) in [5, 5.41) is 15.4. The van der Waals surface area contributed by atoms with Crippen molar-refractivity contribution in [1.82, 2.24) is 5.32 Å². The van der Waals surface area contributed by atoms with Crippen LogP contribution in [0.5, 0.6) is 0 Å². The minimum absolute atomic E-state index is 0.0620. The van der Waals surface area contributed by atoms with Crippen molar-refractivity contribution >= 4 is 34.8 Å². The number of nitriles is 1. The lowest BCUT2D eigenvalue weighted by Gasteiger charge is -2.08. The predicted molar refractivity (Wildman–Crippen MR) is 98.3 cm³/mol. The van der Waals surface area contributed by atoms with Gasteiger partial charge in [-0.15, -0.1) is 0 Å². The quantitative estimate of drug-likeness (QED) is 0.485. The number of nitrogens with one attached hydrogen (secondary N) is 1. The molecule has 1 heterocycles. The maximum absolute atomic E-state index is 12.6. The summed E-state index contributed by atoms with van der Waals surface area (Å²) in [4.78, 5) is 12.6. The van der Waals surface area contributed by atoms with Crippen molar-refractivity contribution in [3.8, 4) is 6.07 Å². The molecule has 0 saturated carbocycles. The van der Waals surface area contributed by atoms with Crippen LogP contribution in [0.4, 0.5) is 0 Å². The fourth-order valence-corrected chi connectivity index (χ4v) is 3.44. The normalized spacial score (nSPS) is 15.3. The lowest BCUT2D eigenvalue weighted by atomic mass is 10.0. The van der Waals surface area contributed by atoms with Gasteiger partial charge in [-0.3, -0.25) is 4.79 Å². The summed E-state index contributed by atoms with van der Waals surface area (Å²) in [5.74, 6) is -0.378. The third-order valence-corrected chi connectivity index (χ3v) is 4.78. The summed E-state index contributed by atoms with van der Waals surface area (Å²) in [6, 6.07) is 16.8.